The number of unbranched alkanes of at least 4 members (excludes halogenated alkanes) is 2. The molecule has 0 radical (unpaired) electrons. The van der Waals surface area contributed by atoms with Crippen LogP contribution in [0.15, 0.2) is 17.4 Å². The lowest BCUT2D eigenvalue weighted by atomic mass is 10.3. The fraction of sp³-hybridized carbons (Fsp3) is 0.600. The molecular weight excluding hydrogens is 194 g/mol. The van der Waals surface area contributed by atoms with Crippen LogP contribution in [0, 0.1) is 0 Å². The van der Waals surface area contributed by atoms with Gasteiger partial charge in [-0.05, 0) is 12.2 Å². The van der Waals surface area contributed by atoms with E-state index in [1.165, 1.54) is 19.3 Å². The zero-order valence-electron chi connectivity index (χ0n) is 8.57. The fourth-order valence-electron chi connectivity index (χ4n) is 1.14. The third-order valence-electron chi connectivity index (χ3n) is 1.92. The summed E-state index contributed by atoms with van der Waals surface area (Å²) in [5.74, 6) is 1.11. The number of nitrogens with two attached hydrogens (primary N) is 1. The summed E-state index contributed by atoms with van der Waals surface area (Å²) in [4.78, 5) is 8.46. The van der Waals surface area contributed by atoms with Gasteiger partial charge in [0.05, 0.1) is 5.69 Å². The average Bonchev–Trinajstić information content (AvgIpc) is 2.25. The van der Waals surface area contributed by atoms with Crippen molar-refractivity contribution in [3.8, 4) is 0 Å². The molecule has 0 bridgehead atoms. The summed E-state index contributed by atoms with van der Waals surface area (Å²) in [6, 6.07) is 0. The van der Waals surface area contributed by atoms with Gasteiger partial charge in [-0.1, -0.05) is 19.8 Å². The Morgan fingerprint density at radius 2 is 2.07 bits per heavy atom. The van der Waals surface area contributed by atoms with Crippen molar-refractivity contribution >= 4 is 11.8 Å². The molecule has 0 fully saturated rings. The highest BCUT2D eigenvalue weighted by Crippen LogP contribution is 2.19. The van der Waals surface area contributed by atoms with Crippen LogP contribution in [0.4, 0.5) is 0 Å². The summed E-state index contributed by atoms with van der Waals surface area (Å²) >= 11 is 1.76. The first-order valence-electron chi connectivity index (χ1n) is 5.01. The molecule has 0 aliphatic heterocycles. The van der Waals surface area contributed by atoms with Crippen molar-refractivity contribution in [1.29, 1.82) is 0 Å². The lowest BCUT2D eigenvalue weighted by molar-refractivity contribution is 0.777. The van der Waals surface area contributed by atoms with Gasteiger partial charge in [0.15, 0.2) is 0 Å². The van der Waals surface area contributed by atoms with Crippen LogP contribution in [0.2, 0.25) is 0 Å². The molecule has 4 heteroatoms. The van der Waals surface area contributed by atoms with Crippen LogP contribution in [-0.4, -0.2) is 15.7 Å². The Morgan fingerprint density at radius 1 is 1.29 bits per heavy atom. The molecule has 0 saturated carbocycles. The monoisotopic (exact) mass is 211 g/mol. The molecule has 2 N–H and O–H groups in total. The Bertz CT molecular complexity index is 265. The van der Waals surface area contributed by atoms with Crippen molar-refractivity contribution in [2.45, 2.75) is 37.8 Å². The smallest absolute Gasteiger partial charge is 0.119 e. The Hall–Kier alpha value is -0.610. The second-order valence-corrected chi connectivity index (χ2v) is 4.15. The summed E-state index contributed by atoms with van der Waals surface area (Å²) < 4.78 is 0. The standard InChI is InChI=1S/C10H17N3S/c1-2-3-4-7-14-10-9(8-11)12-5-6-13-10/h5-6H,2-4,7-8,11H2,1H3. The van der Waals surface area contributed by atoms with Crippen molar-refractivity contribution in [2.75, 3.05) is 5.75 Å². The molecule has 0 unspecified atom stereocenters. The summed E-state index contributed by atoms with van der Waals surface area (Å²) in [7, 11) is 0. The molecule has 0 atom stereocenters. The maximum atomic E-state index is 5.57. The lowest BCUT2D eigenvalue weighted by Crippen LogP contribution is -2.02. The molecule has 0 spiro atoms. The minimum atomic E-state index is 0.476. The van der Waals surface area contributed by atoms with E-state index in [-0.39, 0.29) is 0 Å². The van der Waals surface area contributed by atoms with Crippen LogP contribution < -0.4 is 5.73 Å². The number of hydrogen-bond donors (Lipinski definition) is 1. The summed E-state index contributed by atoms with van der Waals surface area (Å²) in [6.45, 7) is 2.68. The van der Waals surface area contributed by atoms with Crippen molar-refractivity contribution in [2.24, 2.45) is 5.73 Å². The van der Waals surface area contributed by atoms with Crippen LogP contribution in [-0.2, 0) is 6.54 Å². The number of hydrogen-bond acceptors (Lipinski definition) is 4. The summed E-state index contributed by atoms with van der Waals surface area (Å²) in [5.41, 5.74) is 6.48. The third kappa shape index (κ3) is 3.64. The van der Waals surface area contributed by atoms with E-state index in [1.54, 1.807) is 24.2 Å². The van der Waals surface area contributed by atoms with Crippen LogP contribution in [0.1, 0.15) is 31.9 Å². The van der Waals surface area contributed by atoms with Crippen LogP contribution in [0.3, 0.4) is 0 Å². The molecule has 1 aromatic heterocycles. The molecule has 1 rings (SSSR count). The molecular formula is C10H17N3S. The highest BCUT2D eigenvalue weighted by molar-refractivity contribution is 7.99. The third-order valence-corrected chi connectivity index (χ3v) is 3.02. The second kappa shape index (κ2) is 6.79. The first-order valence-corrected chi connectivity index (χ1v) is 5.99. The Labute approximate surface area is 89.5 Å². The quantitative estimate of drug-likeness (QED) is 0.579. The molecule has 0 amide bonds. The summed E-state index contributed by atoms with van der Waals surface area (Å²) in [5, 5.41) is 0.992. The Morgan fingerprint density at radius 3 is 2.79 bits per heavy atom. The molecule has 1 heterocycles. The Kier molecular flexibility index (Phi) is 5.56. The number of thioether (sulfide) groups is 1. The highest BCUT2D eigenvalue weighted by atomic mass is 32.2. The molecule has 0 aromatic carbocycles. The van der Waals surface area contributed by atoms with E-state index in [1.807, 2.05) is 0 Å². The van der Waals surface area contributed by atoms with Gasteiger partial charge in [0.25, 0.3) is 0 Å². The van der Waals surface area contributed by atoms with E-state index in [2.05, 4.69) is 16.9 Å². The molecule has 14 heavy (non-hydrogen) atoms. The molecule has 0 aliphatic carbocycles. The van der Waals surface area contributed by atoms with Crippen molar-refractivity contribution in [3.63, 3.8) is 0 Å². The van der Waals surface area contributed by atoms with Gasteiger partial charge in [-0.25, -0.2) is 4.98 Å². The maximum Gasteiger partial charge on any atom is 0.119 e. The van der Waals surface area contributed by atoms with E-state index in [9.17, 15) is 0 Å². The van der Waals surface area contributed by atoms with Crippen molar-refractivity contribution in [3.05, 3.63) is 18.1 Å². The fourth-order valence-corrected chi connectivity index (χ4v) is 2.12. The zero-order chi connectivity index (χ0) is 10.2. The first-order chi connectivity index (χ1) is 6.88. The first kappa shape index (κ1) is 11.5. The minimum Gasteiger partial charge on any atom is -0.325 e. The van der Waals surface area contributed by atoms with Gasteiger partial charge < -0.3 is 5.73 Å². The van der Waals surface area contributed by atoms with Crippen LogP contribution in [0.5, 0.6) is 0 Å². The van der Waals surface area contributed by atoms with Gasteiger partial charge in [0.2, 0.25) is 0 Å². The lowest BCUT2D eigenvalue weighted by Gasteiger charge is -2.03. The number of rotatable bonds is 6. The molecule has 1 aromatic rings. The van der Waals surface area contributed by atoms with Crippen molar-refractivity contribution < 1.29 is 0 Å². The van der Waals surface area contributed by atoms with Gasteiger partial charge in [0.1, 0.15) is 5.03 Å². The van der Waals surface area contributed by atoms with Gasteiger partial charge in [0, 0.05) is 18.9 Å². The van der Waals surface area contributed by atoms with E-state index >= 15 is 0 Å². The molecule has 78 valence electrons. The highest BCUT2D eigenvalue weighted by Gasteiger charge is 2.02. The maximum absolute atomic E-state index is 5.57. The van der Waals surface area contributed by atoms with Crippen molar-refractivity contribution in [1.82, 2.24) is 9.97 Å². The molecule has 0 saturated heterocycles. The number of nitrogens with zero attached hydrogens (tertiary/aromatic N) is 2. The normalized spacial score (nSPS) is 10.4. The SMILES string of the molecule is CCCCCSc1nccnc1CN. The predicted octanol–water partition coefficient (Wildman–Crippen LogP) is 2.22. The predicted molar refractivity (Wildman–Crippen MR) is 60.2 cm³/mol. The zero-order valence-corrected chi connectivity index (χ0v) is 9.39. The van der Waals surface area contributed by atoms with Gasteiger partial charge in [-0.15, -0.1) is 11.8 Å². The van der Waals surface area contributed by atoms with E-state index < -0.39 is 0 Å². The van der Waals surface area contributed by atoms with Gasteiger partial charge >= 0.3 is 0 Å². The van der Waals surface area contributed by atoms with Crippen LogP contribution >= 0.6 is 11.8 Å². The van der Waals surface area contributed by atoms with E-state index in [0.717, 1.165) is 16.5 Å². The molecule has 0 aliphatic rings. The van der Waals surface area contributed by atoms with Crippen LogP contribution in [0.25, 0.3) is 0 Å². The average molecular weight is 211 g/mol. The Balaban J connectivity index is 2.41. The van der Waals surface area contributed by atoms with E-state index in [0.29, 0.717) is 6.54 Å². The molecule has 3 nitrogen and oxygen atoms in total. The second-order valence-electron chi connectivity index (χ2n) is 3.07. The largest absolute Gasteiger partial charge is 0.325 e. The van der Waals surface area contributed by atoms with Gasteiger partial charge in [-0.3, -0.25) is 4.98 Å². The van der Waals surface area contributed by atoms with E-state index in [4.69, 9.17) is 5.73 Å². The van der Waals surface area contributed by atoms with Gasteiger partial charge in [-0.2, -0.15) is 0 Å². The number of aromatic nitrogens is 2. The minimum absolute atomic E-state index is 0.476. The summed E-state index contributed by atoms with van der Waals surface area (Å²) in [6.07, 6.45) is 7.19. The topological polar surface area (TPSA) is 51.8 Å².